The summed E-state index contributed by atoms with van der Waals surface area (Å²) < 4.78 is 26.9. The zero-order valence-electron chi connectivity index (χ0n) is 11.3. The maximum atomic E-state index is 12.8. The molecule has 2 heterocycles. The van der Waals surface area contributed by atoms with Crippen LogP contribution in [0.4, 0.5) is 0 Å². The van der Waals surface area contributed by atoms with E-state index in [1.165, 1.54) is 10.5 Å². The maximum absolute atomic E-state index is 12.8. The van der Waals surface area contributed by atoms with Crippen LogP contribution in [0.5, 0.6) is 0 Å². The number of rotatable bonds is 5. The predicted molar refractivity (Wildman–Crippen MR) is 76.6 cm³/mol. The molecule has 0 saturated heterocycles. The molecule has 1 aliphatic carbocycles. The molecule has 0 spiro atoms. The van der Waals surface area contributed by atoms with Crippen molar-refractivity contribution in [3.05, 3.63) is 24.5 Å². The van der Waals surface area contributed by atoms with Crippen molar-refractivity contribution in [2.75, 3.05) is 13.6 Å². The van der Waals surface area contributed by atoms with E-state index in [2.05, 4.69) is 9.97 Å². The third kappa shape index (κ3) is 2.11. The number of pyridine rings is 1. The summed E-state index contributed by atoms with van der Waals surface area (Å²) in [5, 5.41) is 0.617. The lowest BCUT2D eigenvalue weighted by Gasteiger charge is -2.26. The van der Waals surface area contributed by atoms with Crippen molar-refractivity contribution in [1.29, 1.82) is 0 Å². The van der Waals surface area contributed by atoms with Crippen molar-refractivity contribution >= 4 is 21.1 Å². The Balaban J connectivity index is 2.02. The molecular weight excluding hydrogens is 276 g/mol. The van der Waals surface area contributed by atoms with Gasteiger partial charge in [0.15, 0.2) is 0 Å². The molecule has 1 aliphatic rings. The number of fused-ring (bicyclic) bond motifs is 1. The normalized spacial score (nSPS) is 17.8. The van der Waals surface area contributed by atoms with Crippen LogP contribution in [0.3, 0.4) is 0 Å². The molecule has 1 fully saturated rings. The van der Waals surface area contributed by atoms with Gasteiger partial charge in [0, 0.05) is 37.4 Å². The van der Waals surface area contributed by atoms with E-state index in [4.69, 9.17) is 5.73 Å². The molecule has 2 aromatic rings. The van der Waals surface area contributed by atoms with Gasteiger partial charge in [-0.2, -0.15) is 4.31 Å². The van der Waals surface area contributed by atoms with Crippen LogP contribution in [-0.4, -0.2) is 42.3 Å². The highest BCUT2D eigenvalue weighted by atomic mass is 32.2. The summed E-state index contributed by atoms with van der Waals surface area (Å²) in [6.07, 6.45) is 5.24. The lowest BCUT2D eigenvalue weighted by Crippen LogP contribution is -2.43. The number of nitrogens with one attached hydrogen (secondary N) is 1. The van der Waals surface area contributed by atoms with Gasteiger partial charge in [-0.05, 0) is 30.9 Å². The van der Waals surface area contributed by atoms with Gasteiger partial charge in [-0.15, -0.1) is 0 Å². The molecule has 3 rings (SSSR count). The number of hydrogen-bond acceptors (Lipinski definition) is 4. The van der Waals surface area contributed by atoms with Gasteiger partial charge in [-0.25, -0.2) is 13.4 Å². The fraction of sp³-hybridized carbons (Fsp3) is 0.462. The van der Waals surface area contributed by atoms with Crippen molar-refractivity contribution in [2.24, 2.45) is 11.7 Å². The predicted octanol–water partition coefficient (Wildman–Crippen LogP) is 0.921. The first-order chi connectivity index (χ1) is 9.55. The summed E-state index contributed by atoms with van der Waals surface area (Å²) in [6.45, 7) is 0.348. The largest absolute Gasteiger partial charge is 0.345 e. The molecule has 0 aromatic carbocycles. The van der Waals surface area contributed by atoms with Gasteiger partial charge >= 0.3 is 0 Å². The summed E-state index contributed by atoms with van der Waals surface area (Å²) in [7, 11) is -1.95. The van der Waals surface area contributed by atoms with Crippen LogP contribution in [0.1, 0.15) is 12.8 Å². The van der Waals surface area contributed by atoms with Crippen LogP contribution in [0.25, 0.3) is 11.0 Å². The summed E-state index contributed by atoms with van der Waals surface area (Å²) in [5.41, 5.74) is 6.33. The highest BCUT2D eigenvalue weighted by molar-refractivity contribution is 7.89. The Kier molecular flexibility index (Phi) is 3.27. The van der Waals surface area contributed by atoms with Gasteiger partial charge in [-0.1, -0.05) is 0 Å². The third-order valence-electron chi connectivity index (χ3n) is 3.94. The van der Waals surface area contributed by atoms with Gasteiger partial charge in [-0.3, -0.25) is 0 Å². The minimum absolute atomic E-state index is 0.123. The van der Waals surface area contributed by atoms with Crippen LogP contribution < -0.4 is 5.73 Å². The average molecular weight is 294 g/mol. The Morgan fingerprint density at radius 1 is 1.55 bits per heavy atom. The Morgan fingerprint density at radius 2 is 2.30 bits per heavy atom. The SMILES string of the molecule is CN(C(CN)C1CC1)S(=O)(=O)c1c[nH]c2ncccc12. The average Bonchev–Trinajstić information content (AvgIpc) is 3.17. The first kappa shape index (κ1) is 13.5. The highest BCUT2D eigenvalue weighted by Gasteiger charge is 2.38. The van der Waals surface area contributed by atoms with E-state index in [1.54, 1.807) is 25.4 Å². The van der Waals surface area contributed by atoms with Gasteiger partial charge in [0.2, 0.25) is 10.0 Å². The molecule has 20 heavy (non-hydrogen) atoms. The molecule has 1 saturated carbocycles. The van der Waals surface area contributed by atoms with Crippen molar-refractivity contribution in [2.45, 2.75) is 23.8 Å². The Morgan fingerprint density at radius 3 is 2.95 bits per heavy atom. The van der Waals surface area contributed by atoms with Crippen LogP contribution in [0.2, 0.25) is 0 Å². The quantitative estimate of drug-likeness (QED) is 0.857. The molecule has 2 aromatic heterocycles. The van der Waals surface area contributed by atoms with E-state index < -0.39 is 10.0 Å². The van der Waals surface area contributed by atoms with Gasteiger partial charge in [0.25, 0.3) is 0 Å². The van der Waals surface area contributed by atoms with E-state index >= 15 is 0 Å². The molecule has 0 aliphatic heterocycles. The van der Waals surface area contributed by atoms with Crippen molar-refractivity contribution in [3.8, 4) is 0 Å². The summed E-state index contributed by atoms with van der Waals surface area (Å²) >= 11 is 0. The molecule has 0 bridgehead atoms. The van der Waals surface area contributed by atoms with Crippen LogP contribution in [0.15, 0.2) is 29.4 Å². The minimum Gasteiger partial charge on any atom is -0.345 e. The van der Waals surface area contributed by atoms with Crippen molar-refractivity contribution < 1.29 is 8.42 Å². The van der Waals surface area contributed by atoms with Crippen LogP contribution in [0, 0.1) is 5.92 Å². The molecule has 6 nitrogen and oxygen atoms in total. The lowest BCUT2D eigenvalue weighted by atomic mass is 10.2. The van der Waals surface area contributed by atoms with Crippen LogP contribution in [-0.2, 0) is 10.0 Å². The maximum Gasteiger partial charge on any atom is 0.245 e. The number of aromatic nitrogens is 2. The summed E-state index contributed by atoms with van der Waals surface area (Å²) in [6, 6.07) is 3.37. The second-order valence-corrected chi connectivity index (χ2v) is 7.18. The number of sulfonamides is 1. The second-order valence-electron chi connectivity index (χ2n) is 5.21. The number of likely N-dealkylation sites (N-methyl/N-ethyl adjacent to an activating group) is 1. The molecule has 7 heteroatoms. The lowest BCUT2D eigenvalue weighted by molar-refractivity contribution is 0.341. The van der Waals surface area contributed by atoms with Gasteiger partial charge in [0.1, 0.15) is 10.5 Å². The highest BCUT2D eigenvalue weighted by Crippen LogP contribution is 2.36. The topological polar surface area (TPSA) is 92.1 Å². The van der Waals surface area contributed by atoms with E-state index in [0.717, 1.165) is 12.8 Å². The number of hydrogen-bond donors (Lipinski definition) is 2. The van der Waals surface area contributed by atoms with Crippen molar-refractivity contribution in [3.63, 3.8) is 0 Å². The number of nitrogens with two attached hydrogens (primary N) is 1. The third-order valence-corrected chi connectivity index (χ3v) is 5.87. The number of nitrogens with zero attached hydrogens (tertiary/aromatic N) is 2. The van der Waals surface area contributed by atoms with E-state index in [9.17, 15) is 8.42 Å². The molecule has 108 valence electrons. The molecule has 1 unspecified atom stereocenters. The summed E-state index contributed by atoms with van der Waals surface area (Å²) in [4.78, 5) is 7.29. The second kappa shape index (κ2) is 4.83. The van der Waals surface area contributed by atoms with E-state index in [1.807, 2.05) is 0 Å². The number of H-pyrrole nitrogens is 1. The Labute approximate surface area is 118 Å². The van der Waals surface area contributed by atoms with E-state index in [-0.39, 0.29) is 10.9 Å². The van der Waals surface area contributed by atoms with Crippen LogP contribution >= 0.6 is 0 Å². The first-order valence-electron chi connectivity index (χ1n) is 6.66. The molecule has 1 atom stereocenters. The van der Waals surface area contributed by atoms with Gasteiger partial charge < -0.3 is 10.7 Å². The monoisotopic (exact) mass is 294 g/mol. The molecule has 3 N–H and O–H groups in total. The fourth-order valence-corrected chi connectivity index (χ4v) is 4.17. The molecule has 0 radical (unpaired) electrons. The van der Waals surface area contributed by atoms with E-state index in [0.29, 0.717) is 23.5 Å². The first-order valence-corrected chi connectivity index (χ1v) is 8.10. The Hall–Kier alpha value is -1.44. The zero-order valence-corrected chi connectivity index (χ0v) is 12.1. The number of aromatic amines is 1. The summed E-state index contributed by atoms with van der Waals surface area (Å²) in [5.74, 6) is 0.392. The Bertz CT molecular complexity index is 721. The molecule has 0 amide bonds. The fourth-order valence-electron chi connectivity index (χ4n) is 2.60. The zero-order chi connectivity index (χ0) is 14.3. The standard InChI is InChI=1S/C13H18N4O2S/c1-17(11(7-14)9-4-5-9)20(18,19)12-8-16-13-10(12)3-2-6-15-13/h2-3,6,8-9,11H,4-5,7,14H2,1H3,(H,15,16). The molecular formula is C13H18N4O2S. The van der Waals surface area contributed by atoms with Crippen molar-refractivity contribution in [1.82, 2.24) is 14.3 Å². The smallest absolute Gasteiger partial charge is 0.245 e. The van der Waals surface area contributed by atoms with Gasteiger partial charge in [0.05, 0.1) is 0 Å². The minimum atomic E-state index is -3.56.